The van der Waals surface area contributed by atoms with Crippen LogP contribution in [0.15, 0.2) is 200 Å². The lowest BCUT2D eigenvalue weighted by atomic mass is 9.70. The van der Waals surface area contributed by atoms with E-state index in [0.717, 1.165) is 17.1 Å². The summed E-state index contributed by atoms with van der Waals surface area (Å²) in [5.74, 6) is 0. The van der Waals surface area contributed by atoms with Crippen LogP contribution in [0.1, 0.15) is 22.3 Å². The van der Waals surface area contributed by atoms with Crippen molar-refractivity contribution in [3.8, 4) is 44.5 Å². The molecule has 0 fully saturated rings. The third-order valence-electron chi connectivity index (χ3n) is 10.7. The number of benzene rings is 8. The average molecular weight is 636 g/mol. The van der Waals surface area contributed by atoms with Crippen LogP contribution in [0.25, 0.3) is 44.5 Å². The highest BCUT2D eigenvalue weighted by Gasteiger charge is 2.51. The van der Waals surface area contributed by atoms with Gasteiger partial charge in [-0.3, -0.25) is 0 Å². The van der Waals surface area contributed by atoms with Crippen molar-refractivity contribution in [2.75, 3.05) is 4.90 Å². The first-order valence-electron chi connectivity index (χ1n) is 17.4. The zero-order valence-corrected chi connectivity index (χ0v) is 27.5. The molecule has 2 aliphatic rings. The van der Waals surface area contributed by atoms with Crippen molar-refractivity contribution in [1.29, 1.82) is 0 Å². The highest BCUT2D eigenvalue weighted by Crippen LogP contribution is 2.63. The van der Waals surface area contributed by atoms with E-state index in [1.807, 2.05) is 0 Å². The molecule has 0 N–H and O–H groups in total. The van der Waals surface area contributed by atoms with Gasteiger partial charge in [-0.05, 0) is 103 Å². The Morgan fingerprint density at radius 3 is 1.06 bits per heavy atom. The molecule has 0 radical (unpaired) electrons. The molecule has 234 valence electrons. The summed E-state index contributed by atoms with van der Waals surface area (Å²) >= 11 is 0. The van der Waals surface area contributed by atoms with Crippen LogP contribution in [0, 0.1) is 0 Å². The van der Waals surface area contributed by atoms with E-state index < -0.39 is 0 Å². The Morgan fingerprint density at radius 2 is 0.600 bits per heavy atom. The molecule has 50 heavy (non-hydrogen) atoms. The predicted molar refractivity (Wildman–Crippen MR) is 208 cm³/mol. The minimum absolute atomic E-state index is 0.350. The van der Waals surface area contributed by atoms with Crippen molar-refractivity contribution < 1.29 is 0 Å². The van der Waals surface area contributed by atoms with Crippen molar-refractivity contribution in [1.82, 2.24) is 0 Å². The first-order valence-corrected chi connectivity index (χ1v) is 17.4. The lowest BCUT2D eigenvalue weighted by Gasteiger charge is -2.31. The quantitative estimate of drug-likeness (QED) is 0.182. The van der Waals surface area contributed by atoms with E-state index in [4.69, 9.17) is 0 Å². The van der Waals surface area contributed by atoms with Gasteiger partial charge >= 0.3 is 0 Å². The van der Waals surface area contributed by atoms with Crippen molar-refractivity contribution in [3.63, 3.8) is 0 Å². The second-order valence-electron chi connectivity index (χ2n) is 13.3. The van der Waals surface area contributed by atoms with Gasteiger partial charge in [0.25, 0.3) is 0 Å². The smallest absolute Gasteiger partial charge is 0.0725 e. The molecule has 0 saturated carbocycles. The van der Waals surface area contributed by atoms with Gasteiger partial charge in [0.2, 0.25) is 0 Å². The molecular weight excluding hydrogens is 603 g/mol. The maximum atomic E-state index is 2.42. The summed E-state index contributed by atoms with van der Waals surface area (Å²) in [7, 11) is 0. The Labute approximate surface area is 293 Å². The Kier molecular flexibility index (Phi) is 6.47. The third kappa shape index (κ3) is 4.20. The van der Waals surface area contributed by atoms with Crippen LogP contribution in [-0.2, 0) is 5.41 Å². The SMILES string of the molecule is c1ccc(-c2ccc(N(c3ccc(-c4ccccc4)cc3)c3ccc4c(c3)-c3ccccc3C43c4ccccc4-c4ccccc43)cc2)cc1. The zero-order valence-electron chi connectivity index (χ0n) is 27.5. The predicted octanol–water partition coefficient (Wildman–Crippen LogP) is 12.8. The van der Waals surface area contributed by atoms with Gasteiger partial charge in [0, 0.05) is 17.1 Å². The molecule has 0 heterocycles. The number of rotatable bonds is 5. The fraction of sp³-hybridized carbons (Fsp3) is 0.0204. The second-order valence-corrected chi connectivity index (χ2v) is 13.3. The van der Waals surface area contributed by atoms with Crippen LogP contribution in [0.5, 0.6) is 0 Å². The summed E-state index contributed by atoms with van der Waals surface area (Å²) < 4.78 is 0. The zero-order chi connectivity index (χ0) is 33.1. The molecular formula is C49H33N. The first kappa shape index (κ1) is 28.6. The van der Waals surface area contributed by atoms with Gasteiger partial charge in [-0.25, -0.2) is 0 Å². The summed E-state index contributed by atoms with van der Waals surface area (Å²) in [5, 5.41) is 0. The molecule has 2 aliphatic carbocycles. The van der Waals surface area contributed by atoms with E-state index in [2.05, 4.69) is 205 Å². The monoisotopic (exact) mass is 635 g/mol. The molecule has 1 heteroatoms. The van der Waals surface area contributed by atoms with Crippen LogP contribution in [0.4, 0.5) is 17.1 Å². The van der Waals surface area contributed by atoms with Gasteiger partial charge < -0.3 is 4.90 Å². The van der Waals surface area contributed by atoms with Crippen LogP contribution >= 0.6 is 0 Å². The minimum Gasteiger partial charge on any atom is -0.310 e. The Bertz CT molecular complexity index is 2380. The van der Waals surface area contributed by atoms with Crippen LogP contribution in [0.3, 0.4) is 0 Å². The molecule has 0 aromatic heterocycles. The van der Waals surface area contributed by atoms with Gasteiger partial charge in [0.15, 0.2) is 0 Å². The minimum atomic E-state index is -0.350. The van der Waals surface area contributed by atoms with E-state index in [9.17, 15) is 0 Å². The number of hydrogen-bond donors (Lipinski definition) is 0. The maximum absolute atomic E-state index is 2.42. The highest BCUT2D eigenvalue weighted by atomic mass is 15.1. The standard InChI is InChI=1S/C49H33N/c1-3-13-34(14-4-1)36-23-27-38(28-24-36)50(39-29-25-37(26-30-39)35-15-5-2-6-16-35)40-31-32-48-44(33-40)43-19-9-12-22-47(43)49(48)45-20-10-7-17-41(45)42-18-8-11-21-46(42)49/h1-33H. The highest BCUT2D eigenvalue weighted by molar-refractivity contribution is 5.96. The fourth-order valence-corrected chi connectivity index (χ4v) is 8.54. The molecule has 10 rings (SSSR count). The topological polar surface area (TPSA) is 3.24 Å². The Morgan fingerprint density at radius 1 is 0.260 bits per heavy atom. The molecule has 8 aromatic rings. The van der Waals surface area contributed by atoms with Crippen molar-refractivity contribution in [2.24, 2.45) is 0 Å². The van der Waals surface area contributed by atoms with Crippen LogP contribution in [-0.4, -0.2) is 0 Å². The number of hydrogen-bond acceptors (Lipinski definition) is 1. The van der Waals surface area contributed by atoms with Crippen molar-refractivity contribution in [2.45, 2.75) is 5.41 Å². The average Bonchev–Trinajstić information content (AvgIpc) is 3.66. The van der Waals surface area contributed by atoms with E-state index in [1.165, 1.54) is 66.8 Å². The second kappa shape index (κ2) is 11.3. The lowest BCUT2D eigenvalue weighted by Crippen LogP contribution is -2.25. The molecule has 8 aromatic carbocycles. The molecule has 1 nitrogen and oxygen atoms in total. The largest absolute Gasteiger partial charge is 0.310 e. The number of fused-ring (bicyclic) bond motifs is 10. The van der Waals surface area contributed by atoms with Crippen LogP contribution in [0.2, 0.25) is 0 Å². The Balaban J connectivity index is 1.16. The molecule has 0 saturated heterocycles. The van der Waals surface area contributed by atoms with Gasteiger partial charge in [-0.2, -0.15) is 0 Å². The molecule has 0 bridgehead atoms. The molecule has 0 amide bonds. The van der Waals surface area contributed by atoms with Gasteiger partial charge in [0.1, 0.15) is 0 Å². The molecule has 1 spiro atoms. The van der Waals surface area contributed by atoms with E-state index >= 15 is 0 Å². The Hall–Kier alpha value is -6.44. The van der Waals surface area contributed by atoms with Crippen LogP contribution < -0.4 is 4.90 Å². The molecule has 0 atom stereocenters. The molecule has 0 unspecified atom stereocenters. The summed E-state index contributed by atoms with van der Waals surface area (Å²) in [4.78, 5) is 2.40. The van der Waals surface area contributed by atoms with E-state index in [-0.39, 0.29) is 5.41 Å². The normalized spacial score (nSPS) is 13.0. The number of anilines is 3. The van der Waals surface area contributed by atoms with E-state index in [0.29, 0.717) is 0 Å². The molecule has 0 aliphatic heterocycles. The van der Waals surface area contributed by atoms with E-state index in [1.54, 1.807) is 0 Å². The number of nitrogens with zero attached hydrogens (tertiary/aromatic N) is 1. The van der Waals surface area contributed by atoms with Crippen molar-refractivity contribution >= 4 is 17.1 Å². The summed E-state index contributed by atoms with van der Waals surface area (Å²) in [5.41, 5.74) is 18.5. The third-order valence-corrected chi connectivity index (χ3v) is 10.7. The van der Waals surface area contributed by atoms with Gasteiger partial charge in [-0.1, -0.05) is 164 Å². The van der Waals surface area contributed by atoms with Gasteiger partial charge in [0.05, 0.1) is 5.41 Å². The lowest BCUT2D eigenvalue weighted by molar-refractivity contribution is 0.794. The fourth-order valence-electron chi connectivity index (χ4n) is 8.54. The summed E-state index contributed by atoms with van der Waals surface area (Å²) in [6.45, 7) is 0. The first-order chi connectivity index (χ1) is 24.8. The summed E-state index contributed by atoms with van der Waals surface area (Å²) in [6.07, 6.45) is 0. The summed E-state index contributed by atoms with van der Waals surface area (Å²) in [6, 6.07) is 73.3. The van der Waals surface area contributed by atoms with Crippen molar-refractivity contribution in [3.05, 3.63) is 222 Å². The van der Waals surface area contributed by atoms with Gasteiger partial charge in [-0.15, -0.1) is 0 Å². The maximum Gasteiger partial charge on any atom is 0.0725 e.